The van der Waals surface area contributed by atoms with Gasteiger partial charge in [0.25, 0.3) is 0 Å². The summed E-state index contributed by atoms with van der Waals surface area (Å²) in [7, 11) is 0. The molecule has 1 saturated heterocycles. The first-order chi connectivity index (χ1) is 9.69. The molecule has 1 heterocycles. The average Bonchev–Trinajstić information content (AvgIpc) is 2.49. The zero-order valence-corrected chi connectivity index (χ0v) is 12.1. The summed E-state index contributed by atoms with van der Waals surface area (Å²) in [6, 6.07) is 8.93. The van der Waals surface area contributed by atoms with E-state index in [2.05, 4.69) is 10.2 Å². The molecule has 0 spiro atoms. The highest BCUT2D eigenvalue weighted by Gasteiger charge is 2.35. The quantitative estimate of drug-likeness (QED) is 0.834. The molecule has 1 amide bonds. The fourth-order valence-corrected chi connectivity index (χ4v) is 2.89. The van der Waals surface area contributed by atoms with Crippen molar-refractivity contribution in [1.29, 1.82) is 0 Å². The standard InChI is InChI=1S/C16H22N2O2/c1-3-13(15(19)12-8-6-5-7-9-12)18-11-10-17-16(20)14(18)4-2/h5-9,13-14H,3-4,10-11H2,1-2H3,(H,17,20). The third kappa shape index (κ3) is 2.90. The van der Waals surface area contributed by atoms with Crippen LogP contribution >= 0.6 is 0 Å². The summed E-state index contributed by atoms with van der Waals surface area (Å²) in [6.07, 6.45) is 1.45. The zero-order valence-electron chi connectivity index (χ0n) is 12.1. The molecule has 0 radical (unpaired) electrons. The van der Waals surface area contributed by atoms with Crippen LogP contribution in [0.4, 0.5) is 0 Å². The summed E-state index contributed by atoms with van der Waals surface area (Å²) in [4.78, 5) is 26.7. The molecule has 2 rings (SSSR count). The predicted octanol–water partition coefficient (Wildman–Crippen LogP) is 1.86. The molecule has 4 nitrogen and oxygen atoms in total. The van der Waals surface area contributed by atoms with Crippen molar-refractivity contribution in [3.8, 4) is 0 Å². The Morgan fingerprint density at radius 2 is 2.05 bits per heavy atom. The molecule has 1 aromatic rings. The van der Waals surface area contributed by atoms with E-state index in [1.807, 2.05) is 44.2 Å². The highest BCUT2D eigenvalue weighted by molar-refractivity contribution is 6.00. The SMILES string of the molecule is CCC1C(=O)NCCN1C(CC)C(=O)c1ccccc1. The number of hydrogen-bond donors (Lipinski definition) is 1. The second kappa shape index (κ2) is 6.66. The molecule has 0 aromatic heterocycles. The van der Waals surface area contributed by atoms with Crippen molar-refractivity contribution in [2.45, 2.75) is 38.8 Å². The molecule has 20 heavy (non-hydrogen) atoms. The molecular weight excluding hydrogens is 252 g/mol. The van der Waals surface area contributed by atoms with Crippen LogP contribution in [0.2, 0.25) is 0 Å². The Hall–Kier alpha value is -1.68. The van der Waals surface area contributed by atoms with Crippen LogP contribution in [-0.2, 0) is 4.79 Å². The minimum absolute atomic E-state index is 0.0399. The van der Waals surface area contributed by atoms with Gasteiger partial charge in [-0.2, -0.15) is 0 Å². The van der Waals surface area contributed by atoms with E-state index in [0.29, 0.717) is 6.54 Å². The lowest BCUT2D eigenvalue weighted by Crippen LogP contribution is -2.59. The minimum Gasteiger partial charge on any atom is -0.353 e. The molecule has 0 bridgehead atoms. The van der Waals surface area contributed by atoms with E-state index in [0.717, 1.165) is 24.9 Å². The van der Waals surface area contributed by atoms with Crippen molar-refractivity contribution < 1.29 is 9.59 Å². The van der Waals surface area contributed by atoms with Gasteiger partial charge in [0.1, 0.15) is 0 Å². The Bertz CT molecular complexity index is 473. The summed E-state index contributed by atoms with van der Waals surface area (Å²) in [5.74, 6) is 0.152. The summed E-state index contributed by atoms with van der Waals surface area (Å²) in [6.45, 7) is 5.35. The van der Waals surface area contributed by atoms with Crippen LogP contribution in [0.25, 0.3) is 0 Å². The van der Waals surface area contributed by atoms with Gasteiger partial charge in [-0.3, -0.25) is 14.5 Å². The Labute approximate surface area is 120 Å². The Balaban J connectivity index is 2.22. The Kier molecular flexibility index (Phi) is 4.90. The highest BCUT2D eigenvalue weighted by Crippen LogP contribution is 2.18. The van der Waals surface area contributed by atoms with Gasteiger partial charge in [0.2, 0.25) is 5.91 Å². The van der Waals surface area contributed by atoms with E-state index in [4.69, 9.17) is 0 Å². The Morgan fingerprint density at radius 1 is 1.35 bits per heavy atom. The first-order valence-electron chi connectivity index (χ1n) is 7.31. The minimum atomic E-state index is -0.214. The van der Waals surface area contributed by atoms with Crippen LogP contribution in [0.3, 0.4) is 0 Å². The van der Waals surface area contributed by atoms with Crippen molar-refractivity contribution >= 4 is 11.7 Å². The summed E-state index contributed by atoms with van der Waals surface area (Å²) >= 11 is 0. The molecule has 0 saturated carbocycles. The van der Waals surface area contributed by atoms with Gasteiger partial charge in [0.15, 0.2) is 5.78 Å². The number of nitrogens with one attached hydrogen (secondary N) is 1. The molecule has 4 heteroatoms. The van der Waals surface area contributed by atoms with E-state index >= 15 is 0 Å². The van der Waals surface area contributed by atoms with Crippen LogP contribution in [0.15, 0.2) is 30.3 Å². The summed E-state index contributed by atoms with van der Waals surface area (Å²) in [5.41, 5.74) is 0.722. The number of ketones is 1. The van der Waals surface area contributed by atoms with Crippen LogP contribution in [0.1, 0.15) is 37.0 Å². The fourth-order valence-electron chi connectivity index (χ4n) is 2.89. The van der Waals surface area contributed by atoms with Gasteiger partial charge in [-0.15, -0.1) is 0 Å². The number of carbonyl (C=O) groups is 2. The second-order valence-electron chi connectivity index (χ2n) is 5.11. The number of nitrogens with zero attached hydrogens (tertiary/aromatic N) is 1. The number of hydrogen-bond acceptors (Lipinski definition) is 3. The van der Waals surface area contributed by atoms with Crippen molar-refractivity contribution in [3.05, 3.63) is 35.9 Å². The second-order valence-corrected chi connectivity index (χ2v) is 5.11. The highest BCUT2D eigenvalue weighted by atomic mass is 16.2. The van der Waals surface area contributed by atoms with Gasteiger partial charge < -0.3 is 5.32 Å². The maximum atomic E-state index is 12.7. The van der Waals surface area contributed by atoms with Crippen LogP contribution in [-0.4, -0.2) is 41.8 Å². The number of benzene rings is 1. The molecule has 108 valence electrons. The lowest BCUT2D eigenvalue weighted by Gasteiger charge is -2.39. The van der Waals surface area contributed by atoms with Crippen molar-refractivity contribution in [3.63, 3.8) is 0 Å². The summed E-state index contributed by atoms with van der Waals surface area (Å²) in [5, 5.41) is 2.88. The zero-order chi connectivity index (χ0) is 14.5. The van der Waals surface area contributed by atoms with Crippen molar-refractivity contribution in [2.75, 3.05) is 13.1 Å². The molecule has 2 unspecified atom stereocenters. The third-order valence-corrected chi connectivity index (χ3v) is 3.91. The molecule has 1 fully saturated rings. The van der Waals surface area contributed by atoms with Crippen molar-refractivity contribution in [2.24, 2.45) is 0 Å². The topological polar surface area (TPSA) is 49.4 Å². The molecule has 1 N–H and O–H groups in total. The fraction of sp³-hybridized carbons (Fsp3) is 0.500. The third-order valence-electron chi connectivity index (χ3n) is 3.91. The number of carbonyl (C=O) groups excluding carboxylic acids is 2. The summed E-state index contributed by atoms with van der Waals surface area (Å²) < 4.78 is 0. The van der Waals surface area contributed by atoms with Gasteiger partial charge in [0.05, 0.1) is 12.1 Å². The predicted molar refractivity (Wildman–Crippen MR) is 78.6 cm³/mol. The van der Waals surface area contributed by atoms with Crippen molar-refractivity contribution in [1.82, 2.24) is 10.2 Å². The van der Waals surface area contributed by atoms with Gasteiger partial charge >= 0.3 is 0 Å². The lowest BCUT2D eigenvalue weighted by molar-refractivity contribution is -0.129. The number of piperazine rings is 1. The molecule has 1 aliphatic heterocycles. The molecule has 2 atom stereocenters. The largest absolute Gasteiger partial charge is 0.353 e. The normalized spacial score (nSPS) is 21.3. The van der Waals surface area contributed by atoms with E-state index in [9.17, 15) is 9.59 Å². The van der Waals surface area contributed by atoms with Crippen LogP contribution in [0.5, 0.6) is 0 Å². The van der Waals surface area contributed by atoms with Crippen LogP contribution < -0.4 is 5.32 Å². The maximum absolute atomic E-state index is 12.7. The molecule has 1 aliphatic rings. The monoisotopic (exact) mass is 274 g/mol. The van der Waals surface area contributed by atoms with Gasteiger partial charge in [-0.25, -0.2) is 0 Å². The molecule has 1 aromatic carbocycles. The van der Waals surface area contributed by atoms with E-state index in [1.54, 1.807) is 0 Å². The number of Topliss-reactive ketones (excluding diaryl/α,β-unsaturated/α-hetero) is 1. The first kappa shape index (κ1) is 14.7. The average molecular weight is 274 g/mol. The van der Waals surface area contributed by atoms with Crippen LogP contribution in [0, 0.1) is 0 Å². The molecular formula is C16H22N2O2. The number of rotatable bonds is 5. The van der Waals surface area contributed by atoms with E-state index in [1.165, 1.54) is 0 Å². The van der Waals surface area contributed by atoms with Gasteiger partial charge in [-0.1, -0.05) is 44.2 Å². The Morgan fingerprint density at radius 3 is 2.65 bits per heavy atom. The van der Waals surface area contributed by atoms with E-state index in [-0.39, 0.29) is 23.8 Å². The van der Waals surface area contributed by atoms with E-state index < -0.39 is 0 Å². The lowest BCUT2D eigenvalue weighted by atomic mass is 9.97. The van der Waals surface area contributed by atoms with Gasteiger partial charge in [0, 0.05) is 18.7 Å². The molecule has 0 aliphatic carbocycles. The first-order valence-corrected chi connectivity index (χ1v) is 7.31. The van der Waals surface area contributed by atoms with Gasteiger partial charge in [-0.05, 0) is 12.8 Å². The number of amides is 1. The maximum Gasteiger partial charge on any atom is 0.237 e. The smallest absolute Gasteiger partial charge is 0.237 e.